The third-order valence-electron chi connectivity index (χ3n) is 5.48. The highest BCUT2D eigenvalue weighted by molar-refractivity contribution is 14.1. The minimum Gasteiger partial charge on any atom is -0.348 e. The van der Waals surface area contributed by atoms with E-state index in [0.29, 0.717) is 17.3 Å². The molecule has 9 heteroatoms. The number of nitrogens with zero attached hydrogens (tertiary/aromatic N) is 4. The van der Waals surface area contributed by atoms with Crippen molar-refractivity contribution in [2.75, 3.05) is 16.8 Å². The van der Waals surface area contributed by atoms with E-state index in [0.717, 1.165) is 46.4 Å². The lowest BCUT2D eigenvalue weighted by Crippen LogP contribution is -2.25. The molecule has 1 unspecified atom stereocenters. The van der Waals surface area contributed by atoms with Crippen molar-refractivity contribution in [1.29, 1.82) is 0 Å². The first-order valence-corrected chi connectivity index (χ1v) is 10.7. The number of halogens is 3. The Morgan fingerprint density at radius 2 is 2.00 bits per heavy atom. The molecule has 0 bridgehead atoms. The van der Waals surface area contributed by atoms with Crippen molar-refractivity contribution in [3.63, 3.8) is 0 Å². The molecule has 3 heterocycles. The summed E-state index contributed by atoms with van der Waals surface area (Å²) < 4.78 is 28.6. The lowest BCUT2D eigenvalue weighted by Gasteiger charge is -2.27. The fourth-order valence-corrected chi connectivity index (χ4v) is 4.61. The molecule has 0 spiro atoms. The molecule has 1 aromatic carbocycles. The third kappa shape index (κ3) is 3.67. The molecule has 6 nitrogen and oxygen atoms in total. The largest absolute Gasteiger partial charge is 0.348 e. The van der Waals surface area contributed by atoms with Crippen molar-refractivity contribution >= 4 is 40.0 Å². The van der Waals surface area contributed by atoms with E-state index in [1.54, 1.807) is 0 Å². The van der Waals surface area contributed by atoms with Gasteiger partial charge in [0.05, 0.1) is 9.61 Å². The van der Waals surface area contributed by atoms with Crippen molar-refractivity contribution in [3.05, 3.63) is 57.1 Å². The van der Waals surface area contributed by atoms with Crippen molar-refractivity contribution in [2.24, 2.45) is 0 Å². The summed E-state index contributed by atoms with van der Waals surface area (Å²) in [7, 11) is 0. The van der Waals surface area contributed by atoms with Gasteiger partial charge in [-0.15, -0.1) is 0 Å². The molecular formula is C20H19F2IN6. The predicted octanol–water partition coefficient (Wildman–Crippen LogP) is 5.05. The van der Waals surface area contributed by atoms with Crippen molar-refractivity contribution < 1.29 is 8.78 Å². The van der Waals surface area contributed by atoms with Crippen LogP contribution in [-0.2, 0) is 0 Å². The number of aromatic nitrogens is 4. The first-order chi connectivity index (χ1) is 14.1. The van der Waals surface area contributed by atoms with Crippen molar-refractivity contribution in [2.45, 2.75) is 37.6 Å². The van der Waals surface area contributed by atoms with Gasteiger partial charge in [0, 0.05) is 35.9 Å². The minimum absolute atomic E-state index is 0.182. The zero-order valence-electron chi connectivity index (χ0n) is 15.5. The third-order valence-corrected chi connectivity index (χ3v) is 6.47. The first-order valence-electron chi connectivity index (χ1n) is 9.64. The molecule has 2 fully saturated rings. The van der Waals surface area contributed by atoms with Crippen LogP contribution in [0.25, 0.3) is 0 Å². The average molecular weight is 508 g/mol. The summed E-state index contributed by atoms with van der Waals surface area (Å²) in [6.07, 6.45) is 5.61. The molecular weight excluding hydrogens is 489 g/mol. The lowest BCUT2D eigenvalue weighted by molar-refractivity contribution is 0.553. The minimum atomic E-state index is -0.566. The zero-order chi connectivity index (χ0) is 20.0. The molecule has 3 aromatic rings. The van der Waals surface area contributed by atoms with Crippen LogP contribution in [0, 0.1) is 15.2 Å². The van der Waals surface area contributed by atoms with Gasteiger partial charge >= 0.3 is 0 Å². The molecule has 0 amide bonds. The summed E-state index contributed by atoms with van der Waals surface area (Å²) in [4.78, 5) is 10.9. The monoisotopic (exact) mass is 508 g/mol. The summed E-state index contributed by atoms with van der Waals surface area (Å²) in [6.45, 7) is 0.752. The fraction of sp³-hybridized carbons (Fsp3) is 0.350. The molecule has 1 atom stereocenters. The number of rotatable bonds is 5. The molecule has 1 aliphatic carbocycles. The van der Waals surface area contributed by atoms with E-state index in [1.165, 1.54) is 31.3 Å². The van der Waals surface area contributed by atoms with Crippen LogP contribution in [0.4, 0.5) is 26.2 Å². The van der Waals surface area contributed by atoms with Gasteiger partial charge in [-0.1, -0.05) is 6.07 Å². The van der Waals surface area contributed by atoms with Gasteiger partial charge in [0.1, 0.15) is 23.8 Å². The van der Waals surface area contributed by atoms with Gasteiger partial charge in [0.2, 0.25) is 0 Å². The molecule has 1 saturated carbocycles. The van der Waals surface area contributed by atoms with Crippen LogP contribution >= 0.6 is 22.6 Å². The number of hydrogen-bond acceptors (Lipinski definition) is 5. The Morgan fingerprint density at radius 1 is 1.14 bits per heavy atom. The molecule has 150 valence electrons. The Balaban J connectivity index is 1.43. The summed E-state index contributed by atoms with van der Waals surface area (Å²) in [5, 5.41) is 10.7. The summed E-state index contributed by atoms with van der Waals surface area (Å²) in [5.41, 5.74) is 1.64. The van der Waals surface area contributed by atoms with E-state index in [2.05, 4.69) is 53.0 Å². The van der Waals surface area contributed by atoms with Gasteiger partial charge in [0.25, 0.3) is 0 Å². The van der Waals surface area contributed by atoms with E-state index in [9.17, 15) is 8.78 Å². The van der Waals surface area contributed by atoms with E-state index in [-0.39, 0.29) is 6.04 Å². The maximum atomic E-state index is 14.4. The zero-order valence-corrected chi connectivity index (χ0v) is 17.7. The number of nitrogens with one attached hydrogen (secondary N) is 2. The molecule has 5 rings (SSSR count). The molecule has 1 aliphatic heterocycles. The smallest absolute Gasteiger partial charge is 0.153 e. The average Bonchev–Trinajstić information content (AvgIpc) is 3.25. The Labute approximate surface area is 180 Å². The SMILES string of the molecule is Fc1ccc(C2CCCN2c2ncnc(Nc3cc(C4CC4)[nH]n3)c2I)c(F)c1. The van der Waals surface area contributed by atoms with Gasteiger partial charge in [-0.2, -0.15) is 5.10 Å². The quantitative estimate of drug-likeness (QED) is 0.473. The van der Waals surface area contributed by atoms with Gasteiger partial charge in [-0.3, -0.25) is 5.10 Å². The molecule has 0 radical (unpaired) electrons. The predicted molar refractivity (Wildman–Crippen MR) is 114 cm³/mol. The Morgan fingerprint density at radius 3 is 2.79 bits per heavy atom. The van der Waals surface area contributed by atoms with Crippen LogP contribution in [0.3, 0.4) is 0 Å². The van der Waals surface area contributed by atoms with Gasteiger partial charge in [-0.25, -0.2) is 18.7 Å². The Bertz CT molecular complexity index is 1050. The summed E-state index contributed by atoms with van der Waals surface area (Å²) in [5.74, 6) is 1.63. The van der Waals surface area contributed by atoms with Gasteiger partial charge < -0.3 is 10.2 Å². The number of H-pyrrole nitrogens is 1. The lowest BCUT2D eigenvalue weighted by atomic mass is 10.0. The van der Waals surface area contributed by atoms with Crippen molar-refractivity contribution in [3.8, 4) is 0 Å². The second kappa shape index (κ2) is 7.51. The van der Waals surface area contributed by atoms with Crippen LogP contribution in [0.1, 0.15) is 48.9 Å². The highest BCUT2D eigenvalue weighted by Gasteiger charge is 2.31. The van der Waals surface area contributed by atoms with Crippen LogP contribution < -0.4 is 10.2 Å². The fourth-order valence-electron chi connectivity index (χ4n) is 3.89. The topological polar surface area (TPSA) is 69.7 Å². The normalized spacial score (nSPS) is 19.0. The van der Waals surface area contributed by atoms with E-state index >= 15 is 0 Å². The maximum Gasteiger partial charge on any atom is 0.153 e. The molecule has 2 aliphatic rings. The highest BCUT2D eigenvalue weighted by atomic mass is 127. The molecule has 1 saturated heterocycles. The number of aromatic amines is 1. The highest BCUT2D eigenvalue weighted by Crippen LogP contribution is 2.41. The number of hydrogen-bond donors (Lipinski definition) is 2. The summed E-state index contributed by atoms with van der Waals surface area (Å²) in [6, 6.07) is 5.62. The van der Waals surface area contributed by atoms with Crippen LogP contribution in [0.2, 0.25) is 0 Å². The van der Waals surface area contributed by atoms with Crippen LogP contribution in [-0.4, -0.2) is 26.7 Å². The molecule has 29 heavy (non-hydrogen) atoms. The van der Waals surface area contributed by atoms with Crippen LogP contribution in [0.15, 0.2) is 30.6 Å². The molecule has 2 aromatic heterocycles. The van der Waals surface area contributed by atoms with Gasteiger partial charge in [0.15, 0.2) is 11.6 Å². The van der Waals surface area contributed by atoms with E-state index < -0.39 is 11.6 Å². The molecule has 2 N–H and O–H groups in total. The van der Waals surface area contributed by atoms with Gasteiger partial charge in [-0.05, 0) is 54.3 Å². The number of anilines is 3. The number of benzene rings is 1. The van der Waals surface area contributed by atoms with E-state index in [4.69, 9.17) is 0 Å². The summed E-state index contributed by atoms with van der Waals surface area (Å²) >= 11 is 2.21. The standard InChI is InChI=1S/C20H19F2IN6/c21-12-5-6-13(14(22)8-12)16-2-1-7-29(16)20-18(23)19(24-10-25-20)26-17-9-15(27-28-17)11-3-4-11/h5-6,8-11,16H,1-4,7H2,(H2,24,25,26,27,28). The van der Waals surface area contributed by atoms with Crippen molar-refractivity contribution in [1.82, 2.24) is 20.2 Å². The van der Waals surface area contributed by atoms with E-state index in [1.807, 2.05) is 6.07 Å². The van der Waals surface area contributed by atoms with Crippen LogP contribution in [0.5, 0.6) is 0 Å². The Kier molecular flexibility index (Phi) is 4.84. The Hall–Kier alpha value is -2.30. The first kappa shape index (κ1) is 18.7. The second-order valence-electron chi connectivity index (χ2n) is 7.48. The second-order valence-corrected chi connectivity index (χ2v) is 8.56. The maximum absolute atomic E-state index is 14.4.